The van der Waals surface area contributed by atoms with Crippen molar-refractivity contribution >= 4 is 12.0 Å². The summed E-state index contributed by atoms with van der Waals surface area (Å²) in [6, 6.07) is -0.00236. The molecule has 0 bridgehead atoms. The molecule has 0 radical (unpaired) electrons. The van der Waals surface area contributed by atoms with E-state index in [2.05, 4.69) is 5.32 Å². The number of likely N-dealkylation sites (tertiary alicyclic amines) is 1. The van der Waals surface area contributed by atoms with Gasteiger partial charge in [-0.25, -0.2) is 4.79 Å². The predicted molar refractivity (Wildman–Crippen MR) is 61.8 cm³/mol. The number of carbonyl (C=O) groups is 2. The van der Waals surface area contributed by atoms with Crippen LogP contribution < -0.4 is 5.32 Å². The number of carboxylic acids is 1. The van der Waals surface area contributed by atoms with Gasteiger partial charge in [0.05, 0.1) is 5.92 Å². The van der Waals surface area contributed by atoms with Crippen LogP contribution in [0.5, 0.6) is 0 Å². The molecule has 0 aromatic rings. The number of hydrogen-bond donors (Lipinski definition) is 2. The molecule has 2 aliphatic heterocycles. The standard InChI is InChI=1S/C11H19N3O3/c15-10(16)9-2-6-14(8-9)11(17)13-5-1-3-12-4-7-13/h9,12H,1-8H2,(H,15,16). The molecule has 6 nitrogen and oxygen atoms in total. The van der Waals surface area contributed by atoms with Crippen molar-refractivity contribution in [2.75, 3.05) is 39.3 Å². The molecule has 2 amide bonds. The molecular weight excluding hydrogens is 222 g/mol. The van der Waals surface area contributed by atoms with E-state index in [1.807, 2.05) is 4.90 Å². The van der Waals surface area contributed by atoms with Crippen LogP contribution in [0.1, 0.15) is 12.8 Å². The first kappa shape index (κ1) is 12.2. The Kier molecular flexibility index (Phi) is 3.83. The van der Waals surface area contributed by atoms with Gasteiger partial charge in [-0.1, -0.05) is 0 Å². The zero-order chi connectivity index (χ0) is 12.3. The number of nitrogens with zero attached hydrogens (tertiary/aromatic N) is 2. The Morgan fingerprint density at radius 3 is 2.65 bits per heavy atom. The van der Waals surface area contributed by atoms with Crippen molar-refractivity contribution in [1.82, 2.24) is 15.1 Å². The summed E-state index contributed by atoms with van der Waals surface area (Å²) in [5.41, 5.74) is 0. The van der Waals surface area contributed by atoms with Crippen molar-refractivity contribution in [2.45, 2.75) is 12.8 Å². The van der Waals surface area contributed by atoms with Gasteiger partial charge in [-0.05, 0) is 19.4 Å². The first-order valence-electron chi connectivity index (χ1n) is 6.16. The lowest BCUT2D eigenvalue weighted by atomic mass is 10.1. The molecule has 1 atom stereocenters. The van der Waals surface area contributed by atoms with E-state index in [1.165, 1.54) is 0 Å². The van der Waals surface area contributed by atoms with Gasteiger partial charge in [-0.3, -0.25) is 4.79 Å². The second-order valence-corrected chi connectivity index (χ2v) is 4.64. The topological polar surface area (TPSA) is 72.9 Å². The zero-order valence-corrected chi connectivity index (χ0v) is 9.89. The van der Waals surface area contributed by atoms with E-state index >= 15 is 0 Å². The average Bonchev–Trinajstić information content (AvgIpc) is 2.65. The van der Waals surface area contributed by atoms with E-state index < -0.39 is 5.97 Å². The third-order valence-electron chi connectivity index (χ3n) is 3.42. The first-order chi connectivity index (χ1) is 8.18. The highest BCUT2D eigenvalue weighted by Gasteiger charge is 2.32. The van der Waals surface area contributed by atoms with Crippen molar-refractivity contribution in [3.05, 3.63) is 0 Å². The molecule has 6 heteroatoms. The average molecular weight is 241 g/mol. The molecule has 2 saturated heterocycles. The minimum absolute atomic E-state index is 0.00236. The number of nitrogens with one attached hydrogen (secondary N) is 1. The van der Waals surface area contributed by atoms with E-state index in [0.717, 1.165) is 26.1 Å². The molecule has 1 unspecified atom stereocenters. The Hall–Kier alpha value is -1.30. The van der Waals surface area contributed by atoms with Crippen molar-refractivity contribution in [2.24, 2.45) is 5.92 Å². The minimum atomic E-state index is -0.794. The largest absolute Gasteiger partial charge is 0.481 e. The molecule has 96 valence electrons. The van der Waals surface area contributed by atoms with Gasteiger partial charge in [0.2, 0.25) is 0 Å². The zero-order valence-electron chi connectivity index (χ0n) is 9.89. The maximum absolute atomic E-state index is 12.2. The van der Waals surface area contributed by atoms with Crippen LogP contribution in [-0.4, -0.2) is 66.2 Å². The summed E-state index contributed by atoms with van der Waals surface area (Å²) in [6.45, 7) is 4.18. The minimum Gasteiger partial charge on any atom is -0.481 e. The summed E-state index contributed by atoms with van der Waals surface area (Å²) in [7, 11) is 0. The normalized spacial score (nSPS) is 25.8. The highest BCUT2D eigenvalue weighted by molar-refractivity contribution is 5.77. The van der Waals surface area contributed by atoms with Gasteiger partial charge >= 0.3 is 12.0 Å². The fourth-order valence-corrected chi connectivity index (χ4v) is 2.37. The molecule has 2 rings (SSSR count). The van der Waals surface area contributed by atoms with Crippen molar-refractivity contribution in [3.63, 3.8) is 0 Å². The molecule has 2 aliphatic rings. The van der Waals surface area contributed by atoms with Crippen molar-refractivity contribution in [3.8, 4) is 0 Å². The Balaban J connectivity index is 1.89. The fourth-order valence-electron chi connectivity index (χ4n) is 2.37. The molecule has 0 saturated carbocycles. The van der Waals surface area contributed by atoms with Gasteiger partial charge in [0.1, 0.15) is 0 Å². The lowest BCUT2D eigenvalue weighted by Crippen LogP contribution is -2.43. The second-order valence-electron chi connectivity index (χ2n) is 4.64. The summed E-state index contributed by atoms with van der Waals surface area (Å²) >= 11 is 0. The van der Waals surface area contributed by atoms with Crippen LogP contribution in [-0.2, 0) is 4.79 Å². The van der Waals surface area contributed by atoms with Crippen LogP contribution in [0, 0.1) is 5.92 Å². The molecule has 0 aromatic heterocycles. The van der Waals surface area contributed by atoms with Gasteiger partial charge in [0.15, 0.2) is 0 Å². The third-order valence-corrected chi connectivity index (χ3v) is 3.42. The summed E-state index contributed by atoms with van der Waals surface area (Å²) < 4.78 is 0. The quantitative estimate of drug-likeness (QED) is 0.667. The molecule has 0 aromatic carbocycles. The molecule has 0 spiro atoms. The van der Waals surface area contributed by atoms with Crippen molar-refractivity contribution < 1.29 is 14.7 Å². The maximum Gasteiger partial charge on any atom is 0.320 e. The Bertz CT molecular complexity index is 300. The predicted octanol–water partition coefficient (Wildman–Crippen LogP) is -0.192. The number of rotatable bonds is 1. The third kappa shape index (κ3) is 2.88. The lowest BCUT2D eigenvalue weighted by molar-refractivity contribution is -0.141. The highest BCUT2D eigenvalue weighted by Crippen LogP contribution is 2.18. The van der Waals surface area contributed by atoms with Crippen LogP contribution in [0.25, 0.3) is 0 Å². The van der Waals surface area contributed by atoms with E-state index in [9.17, 15) is 9.59 Å². The fraction of sp³-hybridized carbons (Fsp3) is 0.818. The van der Waals surface area contributed by atoms with Crippen LogP contribution >= 0.6 is 0 Å². The molecule has 0 aliphatic carbocycles. The molecule has 2 fully saturated rings. The summed E-state index contributed by atoms with van der Waals surface area (Å²) in [5, 5.41) is 12.1. The second kappa shape index (κ2) is 5.35. The van der Waals surface area contributed by atoms with Crippen molar-refractivity contribution in [1.29, 1.82) is 0 Å². The number of carboxylic acid groups (broad SMARTS) is 1. The monoisotopic (exact) mass is 241 g/mol. The summed E-state index contributed by atoms with van der Waals surface area (Å²) in [5.74, 6) is -1.18. The van der Waals surface area contributed by atoms with Crippen LogP contribution in [0.3, 0.4) is 0 Å². The number of carbonyl (C=O) groups excluding carboxylic acids is 1. The smallest absolute Gasteiger partial charge is 0.320 e. The van der Waals surface area contributed by atoms with E-state index in [1.54, 1.807) is 4.90 Å². The number of urea groups is 1. The van der Waals surface area contributed by atoms with Crippen LogP contribution in [0.2, 0.25) is 0 Å². The van der Waals surface area contributed by atoms with E-state index in [4.69, 9.17) is 5.11 Å². The van der Waals surface area contributed by atoms with Crippen LogP contribution in [0.4, 0.5) is 4.79 Å². The summed E-state index contributed by atoms with van der Waals surface area (Å²) in [6.07, 6.45) is 1.54. The Morgan fingerprint density at radius 1 is 1.12 bits per heavy atom. The number of hydrogen-bond acceptors (Lipinski definition) is 3. The van der Waals surface area contributed by atoms with Crippen LogP contribution in [0.15, 0.2) is 0 Å². The molecule has 17 heavy (non-hydrogen) atoms. The SMILES string of the molecule is O=C(O)C1CCN(C(=O)N2CCCNCC2)C1. The Morgan fingerprint density at radius 2 is 1.94 bits per heavy atom. The van der Waals surface area contributed by atoms with Gasteiger partial charge in [0, 0.05) is 32.7 Å². The van der Waals surface area contributed by atoms with Gasteiger partial charge < -0.3 is 20.2 Å². The Labute approximate surface area is 101 Å². The van der Waals surface area contributed by atoms with E-state index in [-0.39, 0.29) is 11.9 Å². The summed E-state index contributed by atoms with van der Waals surface area (Å²) in [4.78, 5) is 26.5. The number of aliphatic carboxylic acids is 1. The van der Waals surface area contributed by atoms with Gasteiger partial charge in [-0.15, -0.1) is 0 Å². The molecule has 2 heterocycles. The van der Waals surface area contributed by atoms with Gasteiger partial charge in [-0.2, -0.15) is 0 Å². The maximum atomic E-state index is 12.2. The highest BCUT2D eigenvalue weighted by atomic mass is 16.4. The number of amides is 2. The van der Waals surface area contributed by atoms with E-state index in [0.29, 0.717) is 26.1 Å². The first-order valence-corrected chi connectivity index (χ1v) is 6.16. The molecular formula is C11H19N3O3. The lowest BCUT2D eigenvalue weighted by Gasteiger charge is -2.26. The van der Waals surface area contributed by atoms with Gasteiger partial charge in [0.25, 0.3) is 0 Å². The molecule has 2 N–H and O–H groups in total.